The van der Waals surface area contributed by atoms with Crippen molar-refractivity contribution in [2.75, 3.05) is 0 Å². The van der Waals surface area contributed by atoms with Gasteiger partial charge >= 0.3 is 0 Å². The Bertz CT molecular complexity index is 582. The highest BCUT2D eigenvalue weighted by atomic mass is 32.1. The number of aromatic nitrogens is 2. The number of nitrogens with zero attached hydrogens (tertiary/aromatic N) is 2. The number of thiazole rings is 1. The average Bonchev–Trinajstić information content (AvgIpc) is 2.79. The molecule has 0 aliphatic rings. The molecule has 2 heterocycles. The molecule has 0 aromatic carbocycles. The van der Waals surface area contributed by atoms with E-state index in [2.05, 4.69) is 44.9 Å². The molecule has 0 amide bonds. The molecule has 108 valence electrons. The van der Waals surface area contributed by atoms with E-state index in [1.165, 1.54) is 16.1 Å². The van der Waals surface area contributed by atoms with Gasteiger partial charge in [-0.3, -0.25) is 4.98 Å². The van der Waals surface area contributed by atoms with Crippen molar-refractivity contribution in [3.05, 3.63) is 34.6 Å². The van der Waals surface area contributed by atoms with Crippen LogP contribution >= 0.6 is 11.3 Å². The number of pyridine rings is 1. The number of nitrogens with one attached hydrogen (secondary N) is 1. The summed E-state index contributed by atoms with van der Waals surface area (Å²) in [6, 6.07) is 2.04. The van der Waals surface area contributed by atoms with Gasteiger partial charge in [-0.1, -0.05) is 6.92 Å². The highest BCUT2D eigenvalue weighted by molar-refractivity contribution is 7.15. The summed E-state index contributed by atoms with van der Waals surface area (Å²) in [7, 11) is 0. The quantitative estimate of drug-likeness (QED) is 0.925. The first-order valence-electron chi connectivity index (χ1n) is 7.05. The first-order chi connectivity index (χ1) is 9.40. The van der Waals surface area contributed by atoms with Crippen molar-refractivity contribution in [1.82, 2.24) is 15.3 Å². The first-order valence-corrected chi connectivity index (χ1v) is 7.87. The number of hydrogen-bond acceptors (Lipinski definition) is 4. The predicted molar refractivity (Wildman–Crippen MR) is 86.1 cm³/mol. The molecule has 3 nitrogen and oxygen atoms in total. The van der Waals surface area contributed by atoms with Crippen molar-refractivity contribution in [2.24, 2.45) is 0 Å². The van der Waals surface area contributed by atoms with Gasteiger partial charge in [0.15, 0.2) is 0 Å². The molecule has 0 aliphatic carbocycles. The van der Waals surface area contributed by atoms with Crippen LogP contribution in [-0.4, -0.2) is 15.5 Å². The molecule has 4 heteroatoms. The van der Waals surface area contributed by atoms with E-state index in [4.69, 9.17) is 4.98 Å². The molecule has 0 bridgehead atoms. The van der Waals surface area contributed by atoms with Crippen LogP contribution in [0.1, 0.15) is 43.8 Å². The van der Waals surface area contributed by atoms with E-state index in [-0.39, 0.29) is 5.54 Å². The lowest BCUT2D eigenvalue weighted by molar-refractivity contribution is 0.425. The molecule has 0 radical (unpaired) electrons. The minimum absolute atomic E-state index is 0.124. The topological polar surface area (TPSA) is 37.8 Å². The predicted octanol–water partition coefficient (Wildman–Crippen LogP) is 3.96. The fraction of sp³-hybridized carbons (Fsp3) is 0.500. The number of hydrogen-bond donors (Lipinski definition) is 1. The minimum atomic E-state index is 0.124. The SMILES string of the molecule is CCc1nc(-c2cnccc2C)sc1CNC(C)(C)C. The fourth-order valence-corrected chi connectivity index (χ4v) is 3.11. The van der Waals surface area contributed by atoms with E-state index in [0.717, 1.165) is 23.5 Å². The van der Waals surface area contributed by atoms with Crippen LogP contribution in [0, 0.1) is 6.92 Å². The minimum Gasteiger partial charge on any atom is -0.307 e. The Morgan fingerprint density at radius 1 is 1.30 bits per heavy atom. The van der Waals surface area contributed by atoms with Crippen molar-refractivity contribution in [1.29, 1.82) is 0 Å². The Balaban J connectivity index is 2.29. The number of aryl methyl sites for hydroxylation is 2. The lowest BCUT2D eigenvalue weighted by Gasteiger charge is -2.20. The van der Waals surface area contributed by atoms with Crippen LogP contribution < -0.4 is 5.32 Å². The molecule has 0 unspecified atom stereocenters. The largest absolute Gasteiger partial charge is 0.307 e. The third-order valence-electron chi connectivity index (χ3n) is 3.16. The summed E-state index contributed by atoms with van der Waals surface area (Å²) in [6.07, 6.45) is 4.71. The molecule has 0 saturated heterocycles. The monoisotopic (exact) mass is 289 g/mol. The fourth-order valence-electron chi connectivity index (χ4n) is 1.95. The van der Waals surface area contributed by atoms with Crippen LogP contribution in [0.2, 0.25) is 0 Å². The summed E-state index contributed by atoms with van der Waals surface area (Å²) in [4.78, 5) is 10.4. The van der Waals surface area contributed by atoms with E-state index in [1.807, 2.05) is 18.5 Å². The van der Waals surface area contributed by atoms with Gasteiger partial charge in [-0.15, -0.1) is 11.3 Å². The van der Waals surface area contributed by atoms with Gasteiger partial charge in [-0.2, -0.15) is 0 Å². The molecule has 0 saturated carbocycles. The van der Waals surface area contributed by atoms with Crippen molar-refractivity contribution in [3.63, 3.8) is 0 Å². The van der Waals surface area contributed by atoms with Gasteiger partial charge in [0.1, 0.15) is 5.01 Å². The van der Waals surface area contributed by atoms with E-state index in [9.17, 15) is 0 Å². The van der Waals surface area contributed by atoms with Crippen molar-refractivity contribution < 1.29 is 0 Å². The Morgan fingerprint density at radius 3 is 2.65 bits per heavy atom. The maximum absolute atomic E-state index is 4.80. The van der Waals surface area contributed by atoms with E-state index >= 15 is 0 Å². The van der Waals surface area contributed by atoms with Crippen LogP contribution in [0.25, 0.3) is 10.6 Å². The second kappa shape index (κ2) is 6.02. The highest BCUT2D eigenvalue weighted by Crippen LogP contribution is 2.30. The lowest BCUT2D eigenvalue weighted by atomic mass is 10.1. The molecule has 0 fully saturated rings. The van der Waals surface area contributed by atoms with Crippen LogP contribution in [-0.2, 0) is 13.0 Å². The molecule has 0 spiro atoms. The molecule has 20 heavy (non-hydrogen) atoms. The number of rotatable bonds is 4. The van der Waals surface area contributed by atoms with Crippen LogP contribution in [0.4, 0.5) is 0 Å². The zero-order chi connectivity index (χ0) is 14.8. The van der Waals surface area contributed by atoms with Crippen LogP contribution in [0.3, 0.4) is 0 Å². The summed E-state index contributed by atoms with van der Waals surface area (Å²) in [5.41, 5.74) is 3.70. The third-order valence-corrected chi connectivity index (χ3v) is 4.29. The van der Waals surface area contributed by atoms with Crippen LogP contribution in [0.15, 0.2) is 18.5 Å². The maximum atomic E-state index is 4.80. The second-order valence-corrected chi connectivity index (χ2v) is 7.12. The first kappa shape index (κ1) is 15.1. The standard InChI is InChI=1S/C16H23N3S/c1-6-13-14(10-18-16(3,4)5)20-15(19-13)12-9-17-8-7-11(12)2/h7-9,18H,6,10H2,1-5H3. The molecule has 2 aromatic heterocycles. The molecular weight excluding hydrogens is 266 g/mol. The summed E-state index contributed by atoms with van der Waals surface area (Å²) in [5.74, 6) is 0. The maximum Gasteiger partial charge on any atom is 0.125 e. The van der Waals surface area contributed by atoms with Crippen molar-refractivity contribution >= 4 is 11.3 Å². The van der Waals surface area contributed by atoms with Crippen molar-refractivity contribution in [2.45, 2.75) is 53.1 Å². The summed E-state index contributed by atoms with van der Waals surface area (Å²) >= 11 is 1.78. The van der Waals surface area contributed by atoms with Crippen molar-refractivity contribution in [3.8, 4) is 10.6 Å². The average molecular weight is 289 g/mol. The molecule has 2 rings (SSSR count). The second-order valence-electron chi connectivity index (χ2n) is 6.04. The van der Waals surface area contributed by atoms with E-state index in [1.54, 1.807) is 11.3 Å². The Kier molecular flexibility index (Phi) is 4.55. The van der Waals surface area contributed by atoms with Crippen LogP contribution in [0.5, 0.6) is 0 Å². The van der Waals surface area contributed by atoms with Gasteiger partial charge in [0.05, 0.1) is 5.69 Å². The molecule has 1 N–H and O–H groups in total. The van der Waals surface area contributed by atoms with Gasteiger partial charge in [0.2, 0.25) is 0 Å². The summed E-state index contributed by atoms with van der Waals surface area (Å²) in [5, 5.41) is 4.63. The smallest absolute Gasteiger partial charge is 0.125 e. The van der Waals surface area contributed by atoms with Gasteiger partial charge in [-0.25, -0.2) is 4.98 Å². The molecule has 0 atom stereocenters. The molecule has 2 aromatic rings. The van der Waals surface area contributed by atoms with Gasteiger partial charge in [-0.05, 0) is 45.7 Å². The molecular formula is C16H23N3S. The Hall–Kier alpha value is -1.26. The van der Waals surface area contributed by atoms with E-state index < -0.39 is 0 Å². The third kappa shape index (κ3) is 3.64. The van der Waals surface area contributed by atoms with E-state index in [0.29, 0.717) is 0 Å². The molecule has 0 aliphatic heterocycles. The van der Waals surface area contributed by atoms with Gasteiger partial charge in [0, 0.05) is 34.9 Å². The highest BCUT2D eigenvalue weighted by Gasteiger charge is 2.15. The zero-order valence-electron chi connectivity index (χ0n) is 12.9. The normalized spacial score (nSPS) is 11.8. The summed E-state index contributed by atoms with van der Waals surface area (Å²) < 4.78 is 0. The Labute approximate surface area is 125 Å². The van der Waals surface area contributed by atoms with Gasteiger partial charge < -0.3 is 5.32 Å². The lowest BCUT2D eigenvalue weighted by Crippen LogP contribution is -2.35. The zero-order valence-corrected chi connectivity index (χ0v) is 13.8. The van der Waals surface area contributed by atoms with Gasteiger partial charge in [0.25, 0.3) is 0 Å². The summed E-state index contributed by atoms with van der Waals surface area (Å²) in [6.45, 7) is 11.7. The Morgan fingerprint density at radius 2 is 2.05 bits per heavy atom.